The number of rotatable bonds is 4. The number of carbonyl (C=O) groups is 2. The normalized spacial score (nSPS) is 15.6. The van der Waals surface area contributed by atoms with Gasteiger partial charge in [0.25, 0.3) is 5.91 Å². The van der Waals surface area contributed by atoms with E-state index in [0.717, 1.165) is 12.8 Å². The average molecular weight is 326 g/mol. The first-order valence-electron chi connectivity index (χ1n) is 7.13. The molecule has 7 heteroatoms. The number of hydrogen-bond acceptors (Lipinski definition) is 4. The summed E-state index contributed by atoms with van der Waals surface area (Å²) in [5, 5.41) is 0.327. The van der Waals surface area contributed by atoms with Crippen molar-refractivity contribution >= 4 is 29.1 Å². The second-order valence-electron chi connectivity index (χ2n) is 5.48. The van der Waals surface area contributed by atoms with Crippen LogP contribution in [0.3, 0.4) is 0 Å². The second-order valence-corrected chi connectivity index (χ2v) is 5.89. The van der Waals surface area contributed by atoms with Crippen molar-refractivity contribution in [1.82, 2.24) is 4.90 Å². The first-order valence-corrected chi connectivity index (χ1v) is 7.50. The number of nitrogen functional groups attached to an aromatic ring is 1. The van der Waals surface area contributed by atoms with Crippen molar-refractivity contribution in [1.29, 1.82) is 0 Å². The molecule has 0 atom stereocenters. The monoisotopic (exact) mass is 325 g/mol. The summed E-state index contributed by atoms with van der Waals surface area (Å²) in [5.41, 5.74) is 11.7. The molecule has 22 heavy (non-hydrogen) atoms. The van der Waals surface area contributed by atoms with E-state index in [0.29, 0.717) is 41.5 Å². The molecule has 1 saturated heterocycles. The van der Waals surface area contributed by atoms with Crippen LogP contribution in [-0.2, 0) is 4.79 Å². The average Bonchev–Trinajstić information content (AvgIpc) is 2.49. The van der Waals surface area contributed by atoms with Crippen molar-refractivity contribution in [3.05, 3.63) is 22.7 Å². The minimum absolute atomic E-state index is 0.142. The molecule has 0 spiro atoms. The van der Waals surface area contributed by atoms with Crippen molar-refractivity contribution in [2.24, 2.45) is 11.7 Å². The molecule has 0 aromatic heterocycles. The number of benzene rings is 1. The molecule has 1 aliphatic heterocycles. The lowest BCUT2D eigenvalue weighted by Crippen LogP contribution is -2.39. The first kappa shape index (κ1) is 16.4. The number of hydrogen-bond donors (Lipinski definition) is 2. The van der Waals surface area contributed by atoms with E-state index >= 15 is 0 Å². The number of carbonyl (C=O) groups excluding carboxylic acids is 2. The number of anilines is 1. The molecule has 1 fully saturated rings. The molecule has 0 aliphatic carbocycles. The lowest BCUT2D eigenvalue weighted by atomic mass is 9.93. The third-order valence-corrected chi connectivity index (χ3v) is 4.27. The predicted molar refractivity (Wildman–Crippen MR) is 84.9 cm³/mol. The van der Waals surface area contributed by atoms with Gasteiger partial charge in [-0.05, 0) is 24.8 Å². The molecular formula is C15H20ClN3O3. The van der Waals surface area contributed by atoms with Gasteiger partial charge in [0.15, 0.2) is 0 Å². The fraction of sp³-hybridized carbons (Fsp3) is 0.467. The van der Waals surface area contributed by atoms with Gasteiger partial charge in [-0.3, -0.25) is 9.59 Å². The maximum absolute atomic E-state index is 12.6. The fourth-order valence-electron chi connectivity index (χ4n) is 2.70. The number of methoxy groups -OCH3 is 1. The Morgan fingerprint density at radius 1 is 1.36 bits per heavy atom. The molecular weight excluding hydrogens is 306 g/mol. The van der Waals surface area contributed by atoms with Crippen LogP contribution in [-0.4, -0.2) is 36.9 Å². The van der Waals surface area contributed by atoms with Gasteiger partial charge in [0.1, 0.15) is 5.75 Å². The lowest BCUT2D eigenvalue weighted by Gasteiger charge is -2.32. The van der Waals surface area contributed by atoms with E-state index in [-0.39, 0.29) is 17.7 Å². The molecule has 2 amide bonds. The van der Waals surface area contributed by atoms with Crippen LogP contribution in [0.4, 0.5) is 5.69 Å². The number of ether oxygens (including phenoxy) is 1. The molecule has 1 aliphatic rings. The van der Waals surface area contributed by atoms with Crippen molar-refractivity contribution in [3.8, 4) is 5.75 Å². The summed E-state index contributed by atoms with van der Waals surface area (Å²) in [5.74, 6) is 0.220. The van der Waals surface area contributed by atoms with Crippen molar-refractivity contribution in [3.63, 3.8) is 0 Å². The van der Waals surface area contributed by atoms with Crippen LogP contribution >= 0.6 is 11.6 Å². The predicted octanol–water partition coefficient (Wildman–Crippen LogP) is 1.66. The van der Waals surface area contributed by atoms with E-state index in [2.05, 4.69) is 0 Å². The van der Waals surface area contributed by atoms with Crippen LogP contribution in [0, 0.1) is 5.92 Å². The molecule has 120 valence electrons. The summed E-state index contributed by atoms with van der Waals surface area (Å²) >= 11 is 6.00. The van der Waals surface area contributed by atoms with Gasteiger partial charge in [0.2, 0.25) is 5.91 Å². The third kappa shape index (κ3) is 3.62. The topological polar surface area (TPSA) is 98.7 Å². The molecule has 1 heterocycles. The number of primary amides is 1. The van der Waals surface area contributed by atoms with Crippen LogP contribution in [0.25, 0.3) is 0 Å². The van der Waals surface area contributed by atoms with Gasteiger partial charge in [-0.25, -0.2) is 0 Å². The molecule has 1 aromatic carbocycles. The van der Waals surface area contributed by atoms with Gasteiger partial charge in [-0.1, -0.05) is 11.6 Å². The molecule has 0 bridgehead atoms. The van der Waals surface area contributed by atoms with Crippen LogP contribution in [0.15, 0.2) is 12.1 Å². The summed E-state index contributed by atoms with van der Waals surface area (Å²) in [6, 6.07) is 3.09. The number of amides is 2. The van der Waals surface area contributed by atoms with Crippen molar-refractivity contribution in [2.45, 2.75) is 19.3 Å². The maximum atomic E-state index is 12.6. The minimum atomic E-state index is -0.295. The van der Waals surface area contributed by atoms with E-state index in [1.165, 1.54) is 13.2 Å². The Bertz CT molecular complexity index is 584. The Morgan fingerprint density at radius 2 is 2.00 bits per heavy atom. The molecule has 4 N–H and O–H groups in total. The summed E-state index contributed by atoms with van der Waals surface area (Å²) in [7, 11) is 1.48. The molecule has 0 radical (unpaired) electrons. The lowest BCUT2D eigenvalue weighted by molar-refractivity contribution is -0.119. The Balaban J connectivity index is 2.10. The molecule has 0 saturated carbocycles. The Kier molecular flexibility index (Phi) is 5.13. The van der Waals surface area contributed by atoms with Gasteiger partial charge in [-0.15, -0.1) is 0 Å². The molecule has 2 rings (SSSR count). The molecule has 1 aromatic rings. The Morgan fingerprint density at radius 3 is 2.55 bits per heavy atom. The number of nitrogens with two attached hydrogens (primary N) is 2. The summed E-state index contributed by atoms with van der Waals surface area (Å²) in [6.07, 6.45) is 1.90. The van der Waals surface area contributed by atoms with Crippen LogP contribution in [0.1, 0.15) is 29.6 Å². The zero-order valence-electron chi connectivity index (χ0n) is 12.5. The smallest absolute Gasteiger partial charge is 0.257 e. The van der Waals surface area contributed by atoms with E-state index in [1.807, 2.05) is 0 Å². The van der Waals surface area contributed by atoms with Crippen LogP contribution < -0.4 is 16.2 Å². The number of halogens is 1. The van der Waals surface area contributed by atoms with Crippen LogP contribution in [0.5, 0.6) is 5.75 Å². The highest BCUT2D eigenvalue weighted by Crippen LogP contribution is 2.31. The zero-order valence-corrected chi connectivity index (χ0v) is 13.2. The van der Waals surface area contributed by atoms with Gasteiger partial charge >= 0.3 is 0 Å². The van der Waals surface area contributed by atoms with Gasteiger partial charge in [0, 0.05) is 25.6 Å². The quantitative estimate of drug-likeness (QED) is 0.822. The molecule has 0 unspecified atom stereocenters. The van der Waals surface area contributed by atoms with Crippen LogP contribution in [0.2, 0.25) is 5.02 Å². The second kappa shape index (κ2) is 6.87. The Hall–Kier alpha value is -1.95. The van der Waals surface area contributed by atoms with Gasteiger partial charge < -0.3 is 21.1 Å². The van der Waals surface area contributed by atoms with E-state index < -0.39 is 0 Å². The SMILES string of the molecule is COc1cc(N)c(Cl)cc1C(=O)N1CCC(CC(N)=O)CC1. The summed E-state index contributed by atoms with van der Waals surface area (Å²) in [4.78, 5) is 25.3. The number of likely N-dealkylation sites (tertiary alicyclic amines) is 1. The highest BCUT2D eigenvalue weighted by molar-refractivity contribution is 6.33. The standard InChI is InChI=1S/C15H20ClN3O3/c1-22-13-8-12(17)11(16)7-10(13)15(21)19-4-2-9(3-5-19)6-14(18)20/h7-9H,2-6,17H2,1H3,(H2,18,20). The molecule has 6 nitrogen and oxygen atoms in total. The van der Waals surface area contributed by atoms with Crippen molar-refractivity contribution in [2.75, 3.05) is 25.9 Å². The highest BCUT2D eigenvalue weighted by Gasteiger charge is 2.26. The fourth-order valence-corrected chi connectivity index (χ4v) is 2.86. The van der Waals surface area contributed by atoms with Gasteiger partial charge in [0.05, 0.1) is 23.4 Å². The summed E-state index contributed by atoms with van der Waals surface area (Å²) < 4.78 is 5.22. The summed E-state index contributed by atoms with van der Waals surface area (Å²) in [6.45, 7) is 1.17. The Labute approximate surface area is 134 Å². The van der Waals surface area contributed by atoms with Crippen molar-refractivity contribution < 1.29 is 14.3 Å². The third-order valence-electron chi connectivity index (χ3n) is 3.94. The minimum Gasteiger partial charge on any atom is -0.496 e. The van der Waals surface area contributed by atoms with E-state index in [4.69, 9.17) is 27.8 Å². The first-order chi connectivity index (χ1) is 10.4. The maximum Gasteiger partial charge on any atom is 0.257 e. The number of piperidine rings is 1. The number of nitrogens with zero attached hydrogens (tertiary/aromatic N) is 1. The highest BCUT2D eigenvalue weighted by atomic mass is 35.5. The zero-order chi connectivity index (χ0) is 16.3. The van der Waals surface area contributed by atoms with E-state index in [1.54, 1.807) is 11.0 Å². The van der Waals surface area contributed by atoms with E-state index in [9.17, 15) is 9.59 Å². The van der Waals surface area contributed by atoms with Gasteiger partial charge in [-0.2, -0.15) is 0 Å². The largest absolute Gasteiger partial charge is 0.496 e.